The van der Waals surface area contributed by atoms with E-state index in [1.807, 2.05) is 34.6 Å². The molecule has 0 fully saturated rings. The van der Waals surface area contributed by atoms with Gasteiger partial charge in [-0.2, -0.15) is 0 Å². The fraction of sp³-hybridized carbons (Fsp3) is 0.750. The van der Waals surface area contributed by atoms with Gasteiger partial charge in [0.25, 0.3) is 0 Å². The maximum Gasteiger partial charge on any atom is 0.0921 e. The molecule has 1 heterocycles. The number of rotatable bonds is 3. The number of hydrogen-bond donors (Lipinski definition) is 3. The summed E-state index contributed by atoms with van der Waals surface area (Å²) in [4.78, 5) is 10.6. The van der Waals surface area contributed by atoms with Gasteiger partial charge >= 0.3 is 0 Å². The highest BCUT2D eigenvalue weighted by Gasteiger charge is 1.74. The lowest BCUT2D eigenvalue weighted by molar-refractivity contribution is 0.929. The van der Waals surface area contributed by atoms with Crippen LogP contribution in [0, 0.1) is 6.92 Å². The van der Waals surface area contributed by atoms with Crippen molar-refractivity contribution in [1.82, 2.24) is 9.97 Å². The predicted molar refractivity (Wildman–Crippen MR) is 97.8 cm³/mol. The lowest BCUT2D eigenvalue weighted by Crippen LogP contribution is -2.05. The third kappa shape index (κ3) is 45.6. The molecule has 0 saturated heterocycles. The summed E-state index contributed by atoms with van der Waals surface area (Å²) in [5, 5.41) is 0. The zero-order chi connectivity index (χ0) is 17.5. The van der Waals surface area contributed by atoms with Gasteiger partial charge in [0, 0.05) is 18.4 Å². The van der Waals surface area contributed by atoms with Crippen LogP contribution in [0.1, 0.15) is 67.0 Å². The van der Waals surface area contributed by atoms with Crippen molar-refractivity contribution in [3.8, 4) is 0 Å². The first-order valence-electron chi connectivity index (χ1n) is 7.99. The van der Waals surface area contributed by atoms with Gasteiger partial charge in [0.05, 0.1) is 12.2 Å². The molecule has 0 saturated carbocycles. The summed E-state index contributed by atoms with van der Waals surface area (Å²) >= 11 is 0. The Balaban J connectivity index is -0.0000000944. The van der Waals surface area contributed by atoms with Gasteiger partial charge in [0.15, 0.2) is 0 Å². The second kappa shape index (κ2) is 31.2. The van der Waals surface area contributed by atoms with Crippen molar-refractivity contribution in [2.75, 3.05) is 13.1 Å². The molecular formula is C16H39N5. The molecule has 1 rings (SSSR count). The van der Waals surface area contributed by atoms with Gasteiger partial charge in [-0.3, -0.25) is 4.99 Å². The molecule has 0 amide bonds. The number of nitrogens with two attached hydrogens (primary N) is 2. The molecule has 1 aromatic rings. The average molecular weight is 302 g/mol. The Labute approximate surface area is 132 Å². The van der Waals surface area contributed by atoms with Gasteiger partial charge in [-0.1, -0.05) is 41.5 Å². The van der Waals surface area contributed by atoms with Crippen LogP contribution in [0.2, 0.25) is 0 Å². The van der Waals surface area contributed by atoms with E-state index in [0.717, 1.165) is 31.6 Å². The highest BCUT2D eigenvalue weighted by molar-refractivity contribution is 5.77. The Bertz CT molecular complexity index is 250. The van der Waals surface area contributed by atoms with Crippen LogP contribution in [-0.4, -0.2) is 28.9 Å². The highest BCUT2D eigenvalue weighted by atomic mass is 14.8. The molecule has 0 bridgehead atoms. The molecular weight excluding hydrogens is 262 g/mol. The Hall–Kier alpha value is -1.36. The molecule has 0 spiro atoms. The number of amidine groups is 1. The number of H-pyrrole nitrogens is 1. The second-order valence-electron chi connectivity index (χ2n) is 3.55. The van der Waals surface area contributed by atoms with Gasteiger partial charge in [-0.25, -0.2) is 4.98 Å². The first-order valence-corrected chi connectivity index (χ1v) is 7.99. The van der Waals surface area contributed by atoms with Gasteiger partial charge in [-0.05, 0) is 33.2 Å². The van der Waals surface area contributed by atoms with E-state index in [1.54, 1.807) is 19.4 Å². The van der Waals surface area contributed by atoms with E-state index < -0.39 is 0 Å². The number of aromatic nitrogens is 2. The zero-order valence-electron chi connectivity index (χ0n) is 15.5. The first-order chi connectivity index (χ1) is 10.1. The standard InChI is InChI=1S/C5H12N2.C4H6N2.C3H9N.2C2H6/c1-3-4-7-5(2)6;1-4-2-5-3-6-4;1-2-3-4;2*1-2/h3-4H2,1-2H3,(H2,6,7);2-3H,1H3,(H,5,6);2-4H2,1H3;2*1-2H3. The molecule has 5 heteroatoms. The fourth-order valence-electron chi connectivity index (χ4n) is 0.614. The molecule has 0 aliphatic heterocycles. The van der Waals surface area contributed by atoms with Crippen LogP contribution in [-0.2, 0) is 0 Å². The number of nitrogens with zero attached hydrogens (tertiary/aromatic N) is 2. The quantitative estimate of drug-likeness (QED) is 0.584. The minimum absolute atomic E-state index is 0.682. The van der Waals surface area contributed by atoms with Gasteiger partial charge in [0.2, 0.25) is 0 Å². The van der Waals surface area contributed by atoms with Crippen LogP contribution in [0.15, 0.2) is 17.5 Å². The van der Waals surface area contributed by atoms with Crippen LogP contribution in [0.25, 0.3) is 0 Å². The van der Waals surface area contributed by atoms with E-state index in [2.05, 4.69) is 28.8 Å². The summed E-state index contributed by atoms with van der Waals surface area (Å²) in [5.74, 6) is 0.682. The molecule has 0 aliphatic carbocycles. The smallest absolute Gasteiger partial charge is 0.0921 e. The minimum atomic E-state index is 0.682. The number of hydrogen-bond acceptors (Lipinski definition) is 3. The number of nitrogens with one attached hydrogen (secondary N) is 1. The molecule has 0 atom stereocenters. The molecule has 0 aromatic carbocycles. The average Bonchev–Trinajstić information content (AvgIpc) is 3.01. The number of aliphatic imine (C=N–C) groups is 1. The van der Waals surface area contributed by atoms with Crippen molar-refractivity contribution in [2.45, 2.75) is 68.2 Å². The van der Waals surface area contributed by atoms with Crippen molar-refractivity contribution in [3.63, 3.8) is 0 Å². The SMILES string of the molecule is CC.CC.CCCN.CCCN=C(C)N.Cc1cnc[nH]1. The largest absolute Gasteiger partial charge is 0.388 e. The molecule has 5 nitrogen and oxygen atoms in total. The fourth-order valence-corrected chi connectivity index (χ4v) is 0.614. The van der Waals surface area contributed by atoms with E-state index >= 15 is 0 Å². The van der Waals surface area contributed by atoms with Crippen LogP contribution in [0.3, 0.4) is 0 Å². The Kier molecular flexibility index (Phi) is 41.4. The van der Waals surface area contributed by atoms with Crippen molar-refractivity contribution < 1.29 is 0 Å². The monoisotopic (exact) mass is 301 g/mol. The summed E-state index contributed by atoms with van der Waals surface area (Å²) in [5.41, 5.74) is 11.4. The van der Waals surface area contributed by atoms with Crippen molar-refractivity contribution in [2.24, 2.45) is 16.5 Å². The maximum absolute atomic E-state index is 5.23. The molecule has 21 heavy (non-hydrogen) atoms. The van der Waals surface area contributed by atoms with Crippen LogP contribution in [0.4, 0.5) is 0 Å². The third-order valence-corrected chi connectivity index (χ3v) is 1.51. The van der Waals surface area contributed by atoms with Crippen LogP contribution in [0.5, 0.6) is 0 Å². The summed E-state index contributed by atoms with van der Waals surface area (Å²) in [7, 11) is 0. The summed E-state index contributed by atoms with van der Waals surface area (Å²) < 4.78 is 0. The Morgan fingerprint density at radius 2 is 1.67 bits per heavy atom. The third-order valence-electron chi connectivity index (χ3n) is 1.51. The first kappa shape index (κ1) is 27.9. The van der Waals surface area contributed by atoms with E-state index in [4.69, 9.17) is 11.5 Å². The lowest BCUT2D eigenvalue weighted by atomic mass is 10.5. The van der Waals surface area contributed by atoms with E-state index in [0.29, 0.717) is 5.84 Å². The molecule has 1 aromatic heterocycles. The normalized spacial score (nSPS) is 8.52. The molecule has 5 N–H and O–H groups in total. The summed E-state index contributed by atoms with van der Waals surface area (Å²) in [6, 6.07) is 0. The molecule has 0 aliphatic rings. The maximum atomic E-state index is 5.23. The number of aryl methyl sites for hydroxylation is 1. The second-order valence-corrected chi connectivity index (χ2v) is 3.55. The summed E-state index contributed by atoms with van der Waals surface area (Å²) in [6.07, 6.45) is 5.61. The van der Waals surface area contributed by atoms with Gasteiger partial charge in [0.1, 0.15) is 0 Å². The van der Waals surface area contributed by atoms with Crippen molar-refractivity contribution >= 4 is 5.84 Å². The molecule has 0 unspecified atom stereocenters. The van der Waals surface area contributed by atoms with Gasteiger partial charge < -0.3 is 16.5 Å². The summed E-state index contributed by atoms with van der Waals surface area (Å²) in [6.45, 7) is 17.6. The minimum Gasteiger partial charge on any atom is -0.388 e. The highest BCUT2D eigenvalue weighted by Crippen LogP contribution is 1.81. The molecule has 0 radical (unpaired) electrons. The predicted octanol–water partition coefficient (Wildman–Crippen LogP) is 3.90. The van der Waals surface area contributed by atoms with E-state index in [-0.39, 0.29) is 0 Å². The van der Waals surface area contributed by atoms with E-state index in [9.17, 15) is 0 Å². The van der Waals surface area contributed by atoms with Crippen LogP contribution >= 0.6 is 0 Å². The van der Waals surface area contributed by atoms with Crippen molar-refractivity contribution in [1.29, 1.82) is 0 Å². The lowest BCUT2D eigenvalue weighted by Gasteiger charge is -1.86. The van der Waals surface area contributed by atoms with Crippen molar-refractivity contribution in [3.05, 3.63) is 18.2 Å². The zero-order valence-corrected chi connectivity index (χ0v) is 15.5. The molecule has 128 valence electrons. The van der Waals surface area contributed by atoms with E-state index in [1.165, 1.54) is 0 Å². The van der Waals surface area contributed by atoms with Crippen LogP contribution < -0.4 is 11.5 Å². The Morgan fingerprint density at radius 3 is 1.76 bits per heavy atom. The Morgan fingerprint density at radius 1 is 1.19 bits per heavy atom. The topological polar surface area (TPSA) is 93.1 Å². The number of imidazole rings is 1. The number of aromatic amines is 1. The van der Waals surface area contributed by atoms with Gasteiger partial charge in [-0.15, -0.1) is 0 Å².